The lowest BCUT2D eigenvalue weighted by Crippen LogP contribution is -2.44. The van der Waals surface area contributed by atoms with E-state index in [2.05, 4.69) is 5.32 Å². The summed E-state index contributed by atoms with van der Waals surface area (Å²) in [5, 5.41) is 2.90. The number of rotatable bonds is 5. The maximum atomic E-state index is 12.8. The van der Waals surface area contributed by atoms with E-state index in [1.807, 2.05) is 31.2 Å². The van der Waals surface area contributed by atoms with E-state index >= 15 is 0 Å². The number of halogens is 1. The number of sulfonamides is 1. The average molecular weight is 424 g/mol. The largest absolute Gasteiger partial charge is 0.399 e. The zero-order valence-electron chi connectivity index (χ0n) is 15.8. The molecule has 6 nitrogen and oxygen atoms in total. The first-order valence-corrected chi connectivity index (χ1v) is 10.6. The highest BCUT2D eigenvalue weighted by Gasteiger charge is 2.32. The first-order valence-electron chi connectivity index (χ1n) is 9.04. The highest BCUT2D eigenvalue weighted by Crippen LogP contribution is 2.24. The van der Waals surface area contributed by atoms with Crippen molar-refractivity contribution in [2.45, 2.75) is 25.5 Å². The van der Waals surface area contributed by atoms with Gasteiger partial charge in [-0.25, -0.2) is 12.7 Å². The van der Waals surface area contributed by atoms with Crippen molar-refractivity contribution in [3.8, 4) is 0 Å². The van der Waals surface area contributed by atoms with E-state index in [-0.39, 0.29) is 36.5 Å². The van der Waals surface area contributed by atoms with Gasteiger partial charge >= 0.3 is 0 Å². The molecule has 1 heterocycles. The Labute approximate surface area is 172 Å². The van der Waals surface area contributed by atoms with E-state index in [0.29, 0.717) is 30.8 Å². The van der Waals surface area contributed by atoms with Gasteiger partial charge in [0.05, 0.1) is 11.7 Å². The molecule has 1 unspecified atom stereocenters. The van der Waals surface area contributed by atoms with Crippen LogP contribution in [0.25, 0.3) is 0 Å². The predicted octanol–water partition coefficient (Wildman–Crippen LogP) is 3.18. The number of piperidine rings is 1. The number of hydrogen-bond donors (Lipinski definition) is 2. The number of hydrogen-bond acceptors (Lipinski definition) is 4. The summed E-state index contributed by atoms with van der Waals surface area (Å²) in [4.78, 5) is 12.7. The Hall–Kier alpha value is -2.09. The smallest absolute Gasteiger partial charge is 0.228 e. The minimum Gasteiger partial charge on any atom is -0.399 e. The molecular weight excluding hydrogens is 398 g/mol. The maximum absolute atomic E-state index is 12.8. The number of carbonyl (C=O) groups excluding carboxylic acids is 1. The molecule has 3 N–H and O–H groups in total. The molecule has 0 saturated carbocycles. The topological polar surface area (TPSA) is 92.5 Å². The van der Waals surface area contributed by atoms with Crippen molar-refractivity contribution >= 4 is 39.7 Å². The fourth-order valence-corrected chi connectivity index (χ4v) is 4.90. The lowest BCUT2D eigenvalue weighted by molar-refractivity contribution is -0.120. The van der Waals surface area contributed by atoms with E-state index < -0.39 is 10.0 Å². The molecule has 8 heteroatoms. The van der Waals surface area contributed by atoms with Crippen LogP contribution in [0.4, 0.5) is 11.4 Å². The molecule has 152 valence electrons. The molecule has 3 rings (SSSR count). The van der Waals surface area contributed by atoms with E-state index in [4.69, 9.17) is 5.73 Å². The monoisotopic (exact) mass is 423 g/mol. The molecular formula is C20H26ClN3O3S. The van der Waals surface area contributed by atoms with Crippen LogP contribution in [0.2, 0.25) is 0 Å². The van der Waals surface area contributed by atoms with Crippen LogP contribution in [-0.2, 0) is 20.6 Å². The summed E-state index contributed by atoms with van der Waals surface area (Å²) in [5.74, 6) is -0.579. The quantitative estimate of drug-likeness (QED) is 0.722. The number of benzene rings is 2. The summed E-state index contributed by atoms with van der Waals surface area (Å²) >= 11 is 0. The molecule has 2 aromatic carbocycles. The number of nitrogens with zero attached hydrogens (tertiary/aromatic N) is 1. The SMILES string of the molecule is Cc1ccc(N)cc1NC(=O)C1CCCN(S(=O)(=O)Cc2ccccc2)C1.Cl. The van der Waals surface area contributed by atoms with Crippen LogP contribution in [0.3, 0.4) is 0 Å². The summed E-state index contributed by atoms with van der Waals surface area (Å²) in [6.07, 6.45) is 1.34. The van der Waals surface area contributed by atoms with Crippen LogP contribution < -0.4 is 11.1 Å². The summed E-state index contributed by atoms with van der Waals surface area (Å²) < 4.78 is 27.0. The highest BCUT2D eigenvalue weighted by atomic mass is 35.5. The van der Waals surface area contributed by atoms with Gasteiger partial charge in [0.2, 0.25) is 15.9 Å². The summed E-state index contributed by atoms with van der Waals surface area (Å²) in [6.45, 7) is 2.56. The van der Waals surface area contributed by atoms with Crippen molar-refractivity contribution in [3.63, 3.8) is 0 Å². The minimum absolute atomic E-state index is 0. The lowest BCUT2D eigenvalue weighted by Gasteiger charge is -2.31. The Bertz CT molecular complexity index is 920. The molecule has 1 aliphatic rings. The number of amides is 1. The molecule has 1 amide bonds. The predicted molar refractivity (Wildman–Crippen MR) is 115 cm³/mol. The average Bonchev–Trinajstić information content (AvgIpc) is 2.65. The minimum atomic E-state index is -3.46. The van der Waals surface area contributed by atoms with Crippen molar-refractivity contribution in [2.75, 3.05) is 24.1 Å². The van der Waals surface area contributed by atoms with Crippen molar-refractivity contribution < 1.29 is 13.2 Å². The Morgan fingerprint density at radius 2 is 1.93 bits per heavy atom. The van der Waals surface area contributed by atoms with Crippen molar-refractivity contribution in [3.05, 3.63) is 59.7 Å². The summed E-state index contributed by atoms with van der Waals surface area (Å²) in [6, 6.07) is 14.5. The molecule has 28 heavy (non-hydrogen) atoms. The molecule has 2 aromatic rings. The zero-order valence-corrected chi connectivity index (χ0v) is 17.4. The number of aryl methyl sites for hydroxylation is 1. The van der Waals surface area contributed by atoms with Gasteiger partial charge in [0.15, 0.2) is 0 Å². The van der Waals surface area contributed by atoms with Gasteiger partial charge in [-0.3, -0.25) is 4.79 Å². The van der Waals surface area contributed by atoms with Gasteiger partial charge < -0.3 is 11.1 Å². The second kappa shape index (κ2) is 9.41. The Morgan fingerprint density at radius 1 is 1.21 bits per heavy atom. The standard InChI is InChI=1S/C20H25N3O3S.ClH/c1-15-9-10-18(21)12-19(15)22-20(24)17-8-5-11-23(13-17)27(25,26)14-16-6-3-2-4-7-16;/h2-4,6-7,9-10,12,17H,5,8,11,13-14,21H2,1H3,(H,22,24);1H. The lowest BCUT2D eigenvalue weighted by atomic mass is 9.98. The third-order valence-electron chi connectivity index (χ3n) is 4.86. The number of carbonyl (C=O) groups is 1. The van der Waals surface area contributed by atoms with Gasteiger partial charge in [0.25, 0.3) is 0 Å². The third-order valence-corrected chi connectivity index (χ3v) is 6.68. The maximum Gasteiger partial charge on any atom is 0.228 e. The van der Waals surface area contributed by atoms with E-state index in [0.717, 1.165) is 11.1 Å². The molecule has 0 spiro atoms. The van der Waals surface area contributed by atoms with E-state index in [1.165, 1.54) is 4.31 Å². The van der Waals surface area contributed by atoms with Crippen molar-refractivity contribution in [1.29, 1.82) is 0 Å². The molecule has 1 aliphatic heterocycles. The molecule has 0 bridgehead atoms. The van der Waals surface area contributed by atoms with Crippen LogP contribution >= 0.6 is 12.4 Å². The molecule has 0 aromatic heterocycles. The Kier molecular flexibility index (Phi) is 7.46. The van der Waals surface area contributed by atoms with Crippen molar-refractivity contribution in [1.82, 2.24) is 4.31 Å². The normalized spacial score (nSPS) is 17.5. The van der Waals surface area contributed by atoms with E-state index in [9.17, 15) is 13.2 Å². The van der Waals surface area contributed by atoms with Gasteiger partial charge in [-0.15, -0.1) is 12.4 Å². The van der Waals surface area contributed by atoms with Crippen LogP contribution in [0, 0.1) is 12.8 Å². The van der Waals surface area contributed by atoms with E-state index in [1.54, 1.807) is 24.3 Å². The second-order valence-electron chi connectivity index (χ2n) is 7.00. The number of nitrogens with two attached hydrogens (primary N) is 1. The highest BCUT2D eigenvalue weighted by molar-refractivity contribution is 7.88. The van der Waals surface area contributed by atoms with Crippen molar-refractivity contribution in [2.24, 2.45) is 5.92 Å². The van der Waals surface area contributed by atoms with Crippen LogP contribution in [-0.4, -0.2) is 31.7 Å². The van der Waals surface area contributed by atoms with Gasteiger partial charge in [0, 0.05) is 24.5 Å². The second-order valence-corrected chi connectivity index (χ2v) is 8.97. The van der Waals surface area contributed by atoms with Gasteiger partial charge in [-0.1, -0.05) is 36.4 Å². The molecule has 0 radical (unpaired) electrons. The fraction of sp³-hybridized carbons (Fsp3) is 0.350. The van der Waals surface area contributed by atoms with Gasteiger partial charge in [0.1, 0.15) is 0 Å². The molecule has 1 fully saturated rings. The van der Waals surface area contributed by atoms with Gasteiger partial charge in [-0.2, -0.15) is 0 Å². The van der Waals surface area contributed by atoms with Crippen LogP contribution in [0.1, 0.15) is 24.0 Å². The Balaban J connectivity index is 0.00000280. The fourth-order valence-electron chi connectivity index (χ4n) is 3.29. The van der Waals surface area contributed by atoms with Crippen LogP contribution in [0.5, 0.6) is 0 Å². The first-order chi connectivity index (χ1) is 12.8. The summed E-state index contributed by atoms with van der Waals surface area (Å²) in [5.41, 5.74) is 8.71. The Morgan fingerprint density at radius 3 is 2.64 bits per heavy atom. The third kappa shape index (κ3) is 5.47. The molecule has 1 saturated heterocycles. The number of nitrogen functional groups attached to an aromatic ring is 1. The molecule has 1 atom stereocenters. The number of nitrogens with one attached hydrogen (secondary N) is 1. The summed E-state index contributed by atoms with van der Waals surface area (Å²) in [7, 11) is -3.46. The first kappa shape index (κ1) is 22.2. The zero-order chi connectivity index (χ0) is 19.4. The number of anilines is 2. The van der Waals surface area contributed by atoms with Crippen LogP contribution in [0.15, 0.2) is 48.5 Å². The van der Waals surface area contributed by atoms with Gasteiger partial charge in [-0.05, 0) is 43.0 Å². The molecule has 0 aliphatic carbocycles.